The number of amides is 2. The van der Waals surface area contributed by atoms with Gasteiger partial charge in [-0.05, 0) is 55.4 Å². The number of esters is 1. The number of nitrogens with zero attached hydrogens (tertiary/aromatic N) is 2. The van der Waals surface area contributed by atoms with E-state index in [0.29, 0.717) is 29.2 Å². The first kappa shape index (κ1) is 24.8. The summed E-state index contributed by atoms with van der Waals surface area (Å²) in [4.78, 5) is 48.2. The third kappa shape index (κ3) is 5.93. The van der Waals surface area contributed by atoms with Crippen LogP contribution in [0, 0.1) is 10.1 Å². The largest absolute Gasteiger partial charge is 0.490 e. The van der Waals surface area contributed by atoms with Gasteiger partial charge < -0.3 is 14.2 Å². The van der Waals surface area contributed by atoms with Crippen LogP contribution in [0.5, 0.6) is 11.5 Å². The number of imide groups is 1. The lowest BCUT2D eigenvalue weighted by Crippen LogP contribution is -2.34. The fraction of sp³-hybridized carbons (Fsp3) is 0.261. The molecule has 1 saturated heterocycles. The molecular formula is C23H22N2O8S. The van der Waals surface area contributed by atoms with E-state index in [0.717, 1.165) is 16.7 Å². The second-order valence-corrected chi connectivity index (χ2v) is 7.88. The molecule has 0 unspecified atom stereocenters. The minimum atomic E-state index is -0.662. The maximum atomic E-state index is 12.6. The Morgan fingerprint density at radius 1 is 1.09 bits per heavy atom. The summed E-state index contributed by atoms with van der Waals surface area (Å²) in [6.45, 7) is 3.43. The van der Waals surface area contributed by atoms with Gasteiger partial charge in [-0.3, -0.25) is 29.4 Å². The van der Waals surface area contributed by atoms with Crippen molar-refractivity contribution in [2.24, 2.45) is 0 Å². The van der Waals surface area contributed by atoms with Crippen LogP contribution in [0.15, 0.2) is 47.4 Å². The van der Waals surface area contributed by atoms with E-state index >= 15 is 0 Å². The number of carbonyl (C=O) groups excluding carboxylic acids is 3. The molecule has 1 aliphatic rings. The van der Waals surface area contributed by atoms with Crippen molar-refractivity contribution in [2.75, 3.05) is 19.8 Å². The lowest BCUT2D eigenvalue weighted by atomic mass is 10.1. The van der Waals surface area contributed by atoms with Crippen molar-refractivity contribution >= 4 is 40.6 Å². The molecule has 1 aliphatic heterocycles. The molecule has 0 saturated carbocycles. The lowest BCUT2D eigenvalue weighted by Gasteiger charge is -2.13. The zero-order chi connectivity index (χ0) is 24.7. The number of para-hydroxylation sites is 1. The summed E-state index contributed by atoms with van der Waals surface area (Å²) in [5, 5.41) is 10.7. The molecule has 1 heterocycles. The SMILES string of the molecule is CCOC(=O)CN1C(=O)S/C(=C\c2ccc(OCc3ccccc3[N+](=O)[O-])c(OCC)c2)C1=O. The summed E-state index contributed by atoms with van der Waals surface area (Å²) < 4.78 is 16.2. The molecule has 34 heavy (non-hydrogen) atoms. The van der Waals surface area contributed by atoms with Crippen LogP contribution in [0.2, 0.25) is 0 Å². The van der Waals surface area contributed by atoms with Gasteiger partial charge in [0.25, 0.3) is 16.8 Å². The number of carbonyl (C=O) groups is 3. The van der Waals surface area contributed by atoms with Crippen LogP contribution in [-0.4, -0.2) is 46.7 Å². The van der Waals surface area contributed by atoms with Crippen molar-refractivity contribution in [2.45, 2.75) is 20.5 Å². The highest BCUT2D eigenvalue weighted by Crippen LogP contribution is 2.35. The van der Waals surface area contributed by atoms with Gasteiger partial charge in [0.05, 0.1) is 28.6 Å². The molecule has 3 rings (SSSR count). The minimum Gasteiger partial charge on any atom is -0.490 e. The second kappa shape index (κ2) is 11.3. The molecule has 0 aromatic heterocycles. The zero-order valence-electron chi connectivity index (χ0n) is 18.5. The van der Waals surface area contributed by atoms with Gasteiger partial charge in [0.2, 0.25) is 0 Å². The molecule has 11 heteroatoms. The zero-order valence-corrected chi connectivity index (χ0v) is 19.3. The normalized spacial score (nSPS) is 14.4. The summed E-state index contributed by atoms with van der Waals surface area (Å²) in [5.74, 6) is -0.504. The van der Waals surface area contributed by atoms with Gasteiger partial charge >= 0.3 is 5.97 Å². The van der Waals surface area contributed by atoms with Gasteiger partial charge in [-0.15, -0.1) is 0 Å². The fourth-order valence-corrected chi connectivity index (χ4v) is 3.93. The van der Waals surface area contributed by atoms with Crippen molar-refractivity contribution in [1.82, 2.24) is 4.90 Å². The van der Waals surface area contributed by atoms with Gasteiger partial charge in [-0.1, -0.05) is 18.2 Å². The number of nitro groups is 1. The summed E-state index contributed by atoms with van der Waals surface area (Å²) >= 11 is 0.727. The first-order chi connectivity index (χ1) is 16.3. The van der Waals surface area contributed by atoms with Gasteiger partial charge in [0.1, 0.15) is 13.2 Å². The van der Waals surface area contributed by atoms with Crippen LogP contribution >= 0.6 is 11.8 Å². The Labute approximate surface area is 199 Å². The number of hydrogen-bond acceptors (Lipinski definition) is 9. The number of hydrogen-bond donors (Lipinski definition) is 0. The fourth-order valence-electron chi connectivity index (χ4n) is 3.09. The summed E-state index contributed by atoms with van der Waals surface area (Å²) in [5.41, 5.74) is 0.938. The second-order valence-electron chi connectivity index (χ2n) is 6.89. The van der Waals surface area contributed by atoms with Crippen LogP contribution in [0.3, 0.4) is 0 Å². The third-order valence-electron chi connectivity index (χ3n) is 4.60. The van der Waals surface area contributed by atoms with Crippen LogP contribution < -0.4 is 9.47 Å². The maximum absolute atomic E-state index is 12.6. The Morgan fingerprint density at radius 3 is 2.56 bits per heavy atom. The first-order valence-electron chi connectivity index (χ1n) is 10.4. The van der Waals surface area contributed by atoms with Gasteiger partial charge in [-0.25, -0.2) is 0 Å². The third-order valence-corrected chi connectivity index (χ3v) is 5.51. The van der Waals surface area contributed by atoms with Gasteiger partial charge in [-0.2, -0.15) is 0 Å². The molecule has 10 nitrogen and oxygen atoms in total. The van der Waals surface area contributed by atoms with E-state index in [-0.39, 0.29) is 23.8 Å². The molecule has 2 amide bonds. The highest BCUT2D eigenvalue weighted by molar-refractivity contribution is 8.18. The Morgan fingerprint density at radius 2 is 1.85 bits per heavy atom. The first-order valence-corrected chi connectivity index (χ1v) is 11.2. The molecule has 0 spiro atoms. The van der Waals surface area contributed by atoms with E-state index in [1.165, 1.54) is 12.1 Å². The van der Waals surface area contributed by atoms with E-state index in [2.05, 4.69) is 0 Å². The molecule has 2 aromatic carbocycles. The molecule has 2 aromatic rings. The minimum absolute atomic E-state index is 0.0384. The van der Waals surface area contributed by atoms with Crippen molar-refractivity contribution in [3.05, 3.63) is 68.6 Å². The van der Waals surface area contributed by atoms with E-state index < -0.39 is 28.6 Å². The predicted molar refractivity (Wildman–Crippen MR) is 124 cm³/mol. The average Bonchev–Trinajstić information content (AvgIpc) is 3.06. The summed E-state index contributed by atoms with van der Waals surface area (Å²) in [7, 11) is 0. The van der Waals surface area contributed by atoms with Crippen LogP contribution in [-0.2, 0) is 20.9 Å². The molecule has 178 valence electrons. The molecule has 0 atom stereocenters. The molecule has 0 bridgehead atoms. The smallest absolute Gasteiger partial charge is 0.326 e. The number of thioether (sulfide) groups is 1. The topological polar surface area (TPSA) is 125 Å². The molecule has 1 fully saturated rings. The highest BCUT2D eigenvalue weighted by atomic mass is 32.2. The number of benzene rings is 2. The average molecular weight is 487 g/mol. The Balaban J connectivity index is 1.78. The van der Waals surface area contributed by atoms with Gasteiger partial charge in [0, 0.05) is 6.07 Å². The molecule has 0 aliphatic carbocycles. The lowest BCUT2D eigenvalue weighted by molar-refractivity contribution is -0.385. The van der Waals surface area contributed by atoms with Crippen molar-refractivity contribution in [1.29, 1.82) is 0 Å². The van der Waals surface area contributed by atoms with E-state index in [1.54, 1.807) is 50.2 Å². The Hall–Kier alpha value is -3.86. The van der Waals surface area contributed by atoms with Crippen molar-refractivity contribution < 1.29 is 33.5 Å². The maximum Gasteiger partial charge on any atom is 0.326 e. The van der Waals surface area contributed by atoms with Crippen LogP contribution in [0.1, 0.15) is 25.0 Å². The quantitative estimate of drug-likeness (QED) is 0.210. The Kier molecular flexibility index (Phi) is 8.25. The van der Waals surface area contributed by atoms with Crippen molar-refractivity contribution in [3.63, 3.8) is 0 Å². The summed E-state index contributed by atoms with van der Waals surface area (Å²) in [6, 6.07) is 11.2. The molecular weight excluding hydrogens is 464 g/mol. The standard InChI is InChI=1S/C23H22N2O8S/c1-3-31-19-11-15(12-20-22(27)24(23(28)34-20)13-21(26)32-4-2)9-10-18(19)33-14-16-7-5-6-8-17(16)25(29)30/h5-12H,3-4,13-14H2,1-2H3/b20-12-. The van der Waals surface area contributed by atoms with Crippen molar-refractivity contribution in [3.8, 4) is 11.5 Å². The number of ether oxygens (including phenoxy) is 3. The van der Waals surface area contributed by atoms with E-state index in [9.17, 15) is 24.5 Å². The number of rotatable bonds is 10. The van der Waals surface area contributed by atoms with Crippen LogP contribution in [0.4, 0.5) is 10.5 Å². The predicted octanol–water partition coefficient (Wildman–Crippen LogP) is 4.17. The van der Waals surface area contributed by atoms with E-state index in [1.807, 2.05) is 0 Å². The number of nitro benzene ring substituents is 1. The molecule has 0 radical (unpaired) electrons. The van der Waals surface area contributed by atoms with E-state index in [4.69, 9.17) is 14.2 Å². The Bertz CT molecular complexity index is 1150. The highest BCUT2D eigenvalue weighted by Gasteiger charge is 2.36. The monoisotopic (exact) mass is 486 g/mol. The van der Waals surface area contributed by atoms with Gasteiger partial charge in [0.15, 0.2) is 11.5 Å². The molecule has 0 N–H and O–H groups in total. The van der Waals surface area contributed by atoms with Crippen LogP contribution in [0.25, 0.3) is 6.08 Å². The summed E-state index contributed by atoms with van der Waals surface area (Å²) in [6.07, 6.45) is 1.52.